The molecule has 2 aromatic carbocycles. The molecule has 0 aliphatic rings. The van der Waals surface area contributed by atoms with Crippen LogP contribution in [0, 0.1) is 5.82 Å². The normalized spacial score (nSPS) is 11.1. The van der Waals surface area contributed by atoms with Crippen molar-refractivity contribution < 1.29 is 23.8 Å². The molecule has 39 heavy (non-hydrogen) atoms. The summed E-state index contributed by atoms with van der Waals surface area (Å²) in [5.74, 6) is -1.31. The number of nitrogen functional groups attached to an aromatic ring is 1. The number of para-hydroxylation sites is 2. The first-order valence-corrected chi connectivity index (χ1v) is 12.1. The molecule has 0 saturated carbocycles. The predicted octanol–water partition coefficient (Wildman–Crippen LogP) is 3.10. The Balaban J connectivity index is 1.30. The zero-order valence-corrected chi connectivity index (χ0v) is 21.6. The molecule has 0 aliphatic heterocycles. The fraction of sp³-hybridized carbons (Fsp3) is 0.0833. The third-order valence-corrected chi connectivity index (χ3v) is 5.74. The van der Waals surface area contributed by atoms with Gasteiger partial charge in [-0.15, -0.1) is 0 Å². The smallest absolute Gasteiger partial charge is 0.274 e. The van der Waals surface area contributed by atoms with Crippen molar-refractivity contribution in [3.63, 3.8) is 0 Å². The second-order valence-corrected chi connectivity index (χ2v) is 8.64. The molecule has 200 valence electrons. The van der Waals surface area contributed by atoms with Gasteiger partial charge in [0.25, 0.3) is 11.8 Å². The van der Waals surface area contributed by atoms with Gasteiger partial charge in [-0.05, 0) is 68.7 Å². The van der Waals surface area contributed by atoms with Crippen LogP contribution in [0.2, 0.25) is 0 Å². The Morgan fingerprint density at radius 3 is 2.62 bits per heavy atom. The molecule has 2 aromatic heterocycles. The van der Waals surface area contributed by atoms with Gasteiger partial charge in [0.2, 0.25) is 5.82 Å². The van der Waals surface area contributed by atoms with Gasteiger partial charge in [-0.25, -0.2) is 14.0 Å². The molecule has 0 bridgehead atoms. The van der Waals surface area contributed by atoms with Gasteiger partial charge >= 0.3 is 0 Å². The molecule has 0 spiro atoms. The molecule has 0 aliphatic carbocycles. The van der Waals surface area contributed by atoms with Crippen molar-refractivity contribution in [1.29, 1.82) is 0 Å². The Morgan fingerprint density at radius 2 is 1.90 bits per heavy atom. The molecule has 2 heterocycles. The molecule has 0 atom stereocenters. The maximum absolute atomic E-state index is 13.5. The van der Waals surface area contributed by atoms with Crippen molar-refractivity contribution in [2.24, 2.45) is 4.99 Å². The van der Waals surface area contributed by atoms with Gasteiger partial charge in [-0.1, -0.05) is 12.1 Å². The summed E-state index contributed by atoms with van der Waals surface area (Å²) in [5, 5.41) is 25.2. The van der Waals surface area contributed by atoms with Crippen LogP contribution < -0.4 is 27.2 Å². The number of aromatic nitrogens is 3. The summed E-state index contributed by atoms with van der Waals surface area (Å²) < 4.78 is 18.4. The number of nitrogens with zero attached hydrogens (tertiary/aromatic N) is 4. The Bertz CT molecular complexity index is 1510. The molecule has 13 nitrogen and oxygen atoms in total. The number of hydrogen-bond acceptors (Lipinski definition) is 10. The van der Waals surface area contributed by atoms with Crippen LogP contribution in [0.15, 0.2) is 74.9 Å². The molecule has 15 heteroatoms. The van der Waals surface area contributed by atoms with Crippen molar-refractivity contribution in [2.45, 2.75) is 0 Å². The first-order valence-electron chi connectivity index (χ1n) is 11.3. The quantitative estimate of drug-likeness (QED) is 0.0548. The lowest BCUT2D eigenvalue weighted by atomic mass is 10.2. The number of nitrogens with one attached hydrogen (secondary N) is 4. The van der Waals surface area contributed by atoms with Gasteiger partial charge in [0.15, 0.2) is 11.5 Å². The lowest BCUT2D eigenvalue weighted by molar-refractivity contribution is 0.0952. The van der Waals surface area contributed by atoms with Crippen LogP contribution >= 0.6 is 15.9 Å². The van der Waals surface area contributed by atoms with E-state index in [0.29, 0.717) is 17.1 Å². The molecule has 2 amide bonds. The van der Waals surface area contributed by atoms with Gasteiger partial charge in [0.1, 0.15) is 11.5 Å². The van der Waals surface area contributed by atoms with Crippen LogP contribution in [0.1, 0.15) is 26.5 Å². The third-order valence-electron chi connectivity index (χ3n) is 5.13. The minimum atomic E-state index is -0.467. The van der Waals surface area contributed by atoms with E-state index in [9.17, 15) is 19.2 Å². The van der Waals surface area contributed by atoms with E-state index in [-0.39, 0.29) is 46.2 Å². The largest absolute Gasteiger partial charge is 0.397 e. The second kappa shape index (κ2) is 12.6. The highest BCUT2D eigenvalue weighted by molar-refractivity contribution is 9.10. The lowest BCUT2D eigenvalue weighted by Gasteiger charge is -2.09. The average molecular weight is 598 g/mol. The van der Waals surface area contributed by atoms with Gasteiger partial charge in [0, 0.05) is 19.3 Å². The summed E-state index contributed by atoms with van der Waals surface area (Å²) in [6, 6.07) is 13.7. The van der Waals surface area contributed by atoms with Crippen LogP contribution in [0.5, 0.6) is 0 Å². The highest BCUT2D eigenvalue weighted by atomic mass is 79.9. The number of hydrogen-bond donors (Lipinski definition) is 6. The third kappa shape index (κ3) is 6.91. The van der Waals surface area contributed by atoms with Crippen LogP contribution in [-0.4, -0.2) is 51.2 Å². The minimum absolute atomic E-state index is 0.0552. The molecular weight excluding hydrogens is 577 g/mol. The zero-order chi connectivity index (χ0) is 27.8. The number of nitrogens with two attached hydrogens (primary N) is 1. The Kier molecular flexibility index (Phi) is 8.75. The maximum Gasteiger partial charge on any atom is 0.274 e. The Morgan fingerprint density at radius 1 is 1.08 bits per heavy atom. The van der Waals surface area contributed by atoms with Gasteiger partial charge in [-0.2, -0.15) is 0 Å². The topological polar surface area (TPSA) is 193 Å². The number of benzene rings is 2. The fourth-order valence-corrected chi connectivity index (χ4v) is 3.56. The van der Waals surface area contributed by atoms with Crippen LogP contribution in [0.25, 0.3) is 0 Å². The van der Waals surface area contributed by atoms with Gasteiger partial charge in [0.05, 0.1) is 27.1 Å². The van der Waals surface area contributed by atoms with E-state index in [2.05, 4.69) is 52.2 Å². The van der Waals surface area contributed by atoms with Crippen LogP contribution in [-0.2, 0) is 0 Å². The van der Waals surface area contributed by atoms with E-state index in [1.54, 1.807) is 24.3 Å². The van der Waals surface area contributed by atoms with Crippen molar-refractivity contribution in [1.82, 2.24) is 26.1 Å². The number of amides is 2. The van der Waals surface area contributed by atoms with Crippen molar-refractivity contribution in [3.8, 4) is 0 Å². The van der Waals surface area contributed by atoms with Crippen molar-refractivity contribution in [2.75, 3.05) is 29.5 Å². The highest BCUT2D eigenvalue weighted by Gasteiger charge is 2.17. The molecule has 0 radical (unpaired) electrons. The molecular formula is C24H21BrFN9O4. The van der Waals surface area contributed by atoms with Gasteiger partial charge < -0.3 is 21.7 Å². The van der Waals surface area contributed by atoms with Crippen LogP contribution in [0.3, 0.4) is 0 Å². The number of aliphatic imine (C=N–C) groups is 1. The number of amidine groups is 1. The van der Waals surface area contributed by atoms with Crippen molar-refractivity contribution in [3.05, 3.63) is 88.0 Å². The highest BCUT2D eigenvalue weighted by Crippen LogP contribution is 2.23. The number of hydroxylamine groups is 1. The van der Waals surface area contributed by atoms with E-state index in [0.717, 1.165) is 0 Å². The first kappa shape index (κ1) is 27.2. The lowest BCUT2D eigenvalue weighted by Crippen LogP contribution is -2.29. The molecule has 0 unspecified atom stereocenters. The summed E-state index contributed by atoms with van der Waals surface area (Å²) >= 11 is 3.07. The SMILES string of the molecule is Nc1ccccc1NC(=O)c1ccc(C(=O)NCCNc2nonc2C(=Nc2ccc(F)c(Br)c2)NO)cn1. The molecule has 0 saturated heterocycles. The van der Waals surface area contributed by atoms with Crippen LogP contribution in [0.4, 0.5) is 27.3 Å². The number of halogens is 2. The summed E-state index contributed by atoms with van der Waals surface area (Å²) in [4.78, 5) is 33.1. The number of pyridine rings is 1. The average Bonchev–Trinajstić information content (AvgIpc) is 3.41. The number of carbonyl (C=O) groups is 2. The predicted molar refractivity (Wildman–Crippen MR) is 143 cm³/mol. The van der Waals surface area contributed by atoms with E-state index in [1.807, 2.05) is 5.48 Å². The molecule has 4 rings (SSSR count). The monoisotopic (exact) mass is 597 g/mol. The minimum Gasteiger partial charge on any atom is -0.397 e. The standard InChI is InChI=1S/C24H21BrFN9O4/c25-15-11-14(6-7-16(15)26)31-22(33-38)20-21(35-39-34-20)28-9-10-29-23(36)13-5-8-19(30-12-13)24(37)32-18-4-2-1-3-17(18)27/h1-8,11-12,38H,9-10,27H2,(H,28,35)(H,29,36)(H,31,33)(H,32,37). The zero-order valence-electron chi connectivity index (χ0n) is 20.0. The molecule has 0 fully saturated rings. The summed E-state index contributed by atoms with van der Waals surface area (Å²) in [6.07, 6.45) is 1.29. The van der Waals surface area contributed by atoms with Gasteiger partial charge in [-0.3, -0.25) is 25.3 Å². The fourth-order valence-electron chi connectivity index (χ4n) is 3.19. The number of anilines is 3. The summed E-state index contributed by atoms with van der Waals surface area (Å²) in [5.41, 5.74) is 9.36. The van der Waals surface area contributed by atoms with E-state index in [1.165, 1.54) is 36.5 Å². The maximum atomic E-state index is 13.5. The van der Waals surface area contributed by atoms with E-state index >= 15 is 0 Å². The summed E-state index contributed by atoms with van der Waals surface area (Å²) in [7, 11) is 0. The second-order valence-electron chi connectivity index (χ2n) is 7.79. The molecule has 4 aromatic rings. The molecule has 7 N–H and O–H groups in total. The Hall–Kier alpha value is -4.89. The van der Waals surface area contributed by atoms with Crippen molar-refractivity contribution >= 4 is 56.5 Å². The summed E-state index contributed by atoms with van der Waals surface area (Å²) in [6.45, 7) is 0.380. The number of carbonyl (C=O) groups excluding carboxylic acids is 2. The first-order chi connectivity index (χ1) is 18.9. The number of rotatable bonds is 9. The van der Waals surface area contributed by atoms with E-state index in [4.69, 9.17) is 10.4 Å². The Labute approximate surface area is 228 Å². The van der Waals surface area contributed by atoms with E-state index < -0.39 is 17.6 Å².